The summed E-state index contributed by atoms with van der Waals surface area (Å²) < 4.78 is 40.7. The van der Waals surface area contributed by atoms with Gasteiger partial charge in [-0.1, -0.05) is 24.3 Å². The zero-order valence-corrected chi connectivity index (χ0v) is 19.3. The van der Waals surface area contributed by atoms with Crippen LogP contribution in [0.25, 0.3) is 27.9 Å². The highest BCUT2D eigenvalue weighted by atomic mass is 19.4. The maximum absolute atomic E-state index is 13.1. The number of fused-ring (bicyclic) bond motifs is 2. The van der Waals surface area contributed by atoms with Gasteiger partial charge in [0, 0.05) is 11.3 Å². The minimum Gasteiger partial charge on any atom is -0.384 e. The molecule has 0 radical (unpaired) electrons. The van der Waals surface area contributed by atoms with E-state index in [9.17, 15) is 22.8 Å². The molecule has 0 bridgehead atoms. The number of primary amides is 1. The van der Waals surface area contributed by atoms with Crippen molar-refractivity contribution in [2.24, 2.45) is 5.73 Å². The number of aryl methyl sites for hydroxylation is 1. The standard InChI is InChI=1S/C26H19F3N6O2/c1-13-9-10-16(32-25(37)14-5-4-6-15(11-14)26(27,28)29)12-19(13)35-22(30)20(23(31)36)21-24(35)34-18-8-3-2-7-17(18)33-21/h2-12H,30H2,1H3,(H2,31,36)(H,32,37). The van der Waals surface area contributed by atoms with Gasteiger partial charge in [0.05, 0.1) is 22.3 Å². The van der Waals surface area contributed by atoms with Crippen molar-refractivity contribution in [3.63, 3.8) is 0 Å². The Morgan fingerprint density at radius 1 is 0.946 bits per heavy atom. The summed E-state index contributed by atoms with van der Waals surface area (Å²) in [5, 5.41) is 2.61. The van der Waals surface area contributed by atoms with Crippen LogP contribution >= 0.6 is 0 Å². The third-order valence-corrected chi connectivity index (χ3v) is 5.90. The van der Waals surface area contributed by atoms with Gasteiger partial charge in [0.25, 0.3) is 11.8 Å². The molecule has 186 valence electrons. The van der Waals surface area contributed by atoms with Gasteiger partial charge in [-0.05, 0) is 55.0 Å². The molecule has 0 spiro atoms. The summed E-state index contributed by atoms with van der Waals surface area (Å²) in [7, 11) is 0. The first-order valence-electron chi connectivity index (χ1n) is 11.0. The van der Waals surface area contributed by atoms with Gasteiger partial charge in [-0.3, -0.25) is 14.2 Å². The van der Waals surface area contributed by atoms with E-state index in [0.29, 0.717) is 28.0 Å². The highest BCUT2D eigenvalue weighted by Crippen LogP contribution is 2.33. The second-order valence-corrected chi connectivity index (χ2v) is 8.38. The Balaban J connectivity index is 1.62. The zero-order valence-electron chi connectivity index (χ0n) is 19.3. The molecule has 2 heterocycles. The average Bonchev–Trinajstić information content (AvgIpc) is 3.14. The molecule has 0 aliphatic carbocycles. The van der Waals surface area contributed by atoms with Crippen LogP contribution in [-0.2, 0) is 6.18 Å². The monoisotopic (exact) mass is 504 g/mol. The van der Waals surface area contributed by atoms with E-state index in [1.807, 2.05) is 0 Å². The molecule has 3 aromatic carbocycles. The molecule has 0 aliphatic rings. The number of nitrogens with zero attached hydrogens (tertiary/aromatic N) is 3. The van der Waals surface area contributed by atoms with Crippen LogP contribution in [0.15, 0.2) is 66.7 Å². The number of hydrogen-bond donors (Lipinski definition) is 3. The molecule has 11 heteroatoms. The van der Waals surface area contributed by atoms with Crippen molar-refractivity contribution in [1.29, 1.82) is 0 Å². The smallest absolute Gasteiger partial charge is 0.384 e. The lowest BCUT2D eigenvalue weighted by Crippen LogP contribution is -2.15. The molecule has 0 saturated carbocycles. The van der Waals surface area contributed by atoms with E-state index in [1.165, 1.54) is 16.7 Å². The number of aromatic nitrogens is 3. The molecule has 0 aliphatic heterocycles. The topological polar surface area (TPSA) is 129 Å². The summed E-state index contributed by atoms with van der Waals surface area (Å²) in [5.41, 5.74) is 14.0. The van der Waals surface area contributed by atoms with Gasteiger partial charge in [-0.15, -0.1) is 0 Å². The van der Waals surface area contributed by atoms with Crippen molar-refractivity contribution in [3.05, 3.63) is 89.0 Å². The molecule has 8 nitrogen and oxygen atoms in total. The number of nitrogens with two attached hydrogens (primary N) is 2. The molecule has 5 aromatic rings. The van der Waals surface area contributed by atoms with Crippen LogP contribution in [0.2, 0.25) is 0 Å². The van der Waals surface area contributed by atoms with Gasteiger partial charge in [0.1, 0.15) is 16.9 Å². The fourth-order valence-corrected chi connectivity index (χ4v) is 4.12. The third kappa shape index (κ3) is 4.20. The molecule has 0 unspecified atom stereocenters. The van der Waals surface area contributed by atoms with Crippen LogP contribution in [0.4, 0.5) is 24.7 Å². The molecular weight excluding hydrogens is 485 g/mol. The van der Waals surface area contributed by atoms with E-state index in [1.54, 1.807) is 49.4 Å². The minimum absolute atomic E-state index is 0.00561. The first-order valence-corrected chi connectivity index (χ1v) is 11.0. The van der Waals surface area contributed by atoms with Gasteiger partial charge >= 0.3 is 6.18 Å². The van der Waals surface area contributed by atoms with Crippen molar-refractivity contribution < 1.29 is 22.8 Å². The molecule has 5 rings (SSSR count). The number of para-hydroxylation sites is 2. The minimum atomic E-state index is -4.58. The maximum Gasteiger partial charge on any atom is 0.416 e. The summed E-state index contributed by atoms with van der Waals surface area (Å²) >= 11 is 0. The summed E-state index contributed by atoms with van der Waals surface area (Å²) in [6.45, 7) is 1.79. The number of anilines is 2. The van der Waals surface area contributed by atoms with Crippen LogP contribution in [0.5, 0.6) is 0 Å². The SMILES string of the molecule is Cc1ccc(NC(=O)c2cccc(C(F)(F)F)c2)cc1-n1c(N)c(C(N)=O)c2nc3ccccc3nc21. The van der Waals surface area contributed by atoms with E-state index in [0.717, 1.165) is 12.1 Å². The Bertz CT molecular complexity index is 1730. The molecule has 2 aromatic heterocycles. The summed E-state index contributed by atoms with van der Waals surface area (Å²) in [5.74, 6) is -1.49. The number of nitrogens with one attached hydrogen (secondary N) is 1. The third-order valence-electron chi connectivity index (χ3n) is 5.90. The van der Waals surface area contributed by atoms with E-state index in [2.05, 4.69) is 15.3 Å². The molecule has 0 saturated heterocycles. The average molecular weight is 504 g/mol. The second-order valence-electron chi connectivity index (χ2n) is 8.38. The molecular formula is C26H19F3N6O2. The lowest BCUT2D eigenvalue weighted by Gasteiger charge is -2.14. The van der Waals surface area contributed by atoms with Crippen molar-refractivity contribution in [3.8, 4) is 5.69 Å². The number of rotatable bonds is 4. The van der Waals surface area contributed by atoms with Crippen LogP contribution < -0.4 is 16.8 Å². The fourth-order valence-electron chi connectivity index (χ4n) is 4.12. The van der Waals surface area contributed by atoms with E-state index in [-0.39, 0.29) is 28.1 Å². The summed E-state index contributed by atoms with van der Waals surface area (Å²) in [4.78, 5) is 34.2. The number of amides is 2. The maximum atomic E-state index is 13.1. The molecule has 37 heavy (non-hydrogen) atoms. The number of halogens is 3. The number of carbonyl (C=O) groups excluding carboxylic acids is 2. The fraction of sp³-hybridized carbons (Fsp3) is 0.0769. The summed E-state index contributed by atoms with van der Waals surface area (Å²) in [6.07, 6.45) is -4.58. The Morgan fingerprint density at radius 2 is 1.65 bits per heavy atom. The lowest BCUT2D eigenvalue weighted by molar-refractivity contribution is -0.137. The Labute approximate surface area is 207 Å². The first kappa shape index (κ1) is 23.8. The van der Waals surface area contributed by atoms with Gasteiger partial charge < -0.3 is 16.8 Å². The van der Waals surface area contributed by atoms with Crippen LogP contribution in [0.3, 0.4) is 0 Å². The summed E-state index contributed by atoms with van der Waals surface area (Å²) in [6, 6.07) is 16.1. The molecule has 5 N–H and O–H groups in total. The Morgan fingerprint density at radius 3 is 2.32 bits per heavy atom. The normalized spacial score (nSPS) is 11.7. The van der Waals surface area contributed by atoms with Crippen LogP contribution in [0.1, 0.15) is 31.8 Å². The Kier molecular flexibility index (Phi) is 5.55. The number of carbonyl (C=O) groups is 2. The van der Waals surface area contributed by atoms with Gasteiger partial charge in [-0.25, -0.2) is 9.97 Å². The van der Waals surface area contributed by atoms with Gasteiger partial charge in [-0.2, -0.15) is 13.2 Å². The van der Waals surface area contributed by atoms with Gasteiger partial charge in [0.2, 0.25) is 0 Å². The lowest BCUT2D eigenvalue weighted by atomic mass is 10.1. The van der Waals surface area contributed by atoms with Gasteiger partial charge in [0.15, 0.2) is 5.65 Å². The number of hydrogen-bond acceptors (Lipinski definition) is 5. The van der Waals surface area contributed by atoms with Crippen molar-refractivity contribution >= 4 is 45.5 Å². The highest BCUT2D eigenvalue weighted by molar-refractivity contribution is 6.10. The van der Waals surface area contributed by atoms with E-state index in [4.69, 9.17) is 11.5 Å². The zero-order chi connectivity index (χ0) is 26.5. The van der Waals surface area contributed by atoms with Crippen LogP contribution in [0, 0.1) is 6.92 Å². The second kappa shape index (κ2) is 8.63. The molecule has 2 amide bonds. The predicted molar refractivity (Wildman–Crippen MR) is 133 cm³/mol. The molecule has 0 fully saturated rings. The van der Waals surface area contributed by atoms with Crippen molar-refractivity contribution in [1.82, 2.24) is 14.5 Å². The number of nitrogen functional groups attached to an aromatic ring is 1. The van der Waals surface area contributed by atoms with Crippen molar-refractivity contribution in [2.45, 2.75) is 13.1 Å². The van der Waals surface area contributed by atoms with E-state index < -0.39 is 23.6 Å². The quantitative estimate of drug-likeness (QED) is 0.323. The van der Waals surface area contributed by atoms with Crippen molar-refractivity contribution in [2.75, 3.05) is 11.1 Å². The number of benzene rings is 3. The molecule has 0 atom stereocenters. The van der Waals surface area contributed by atoms with Crippen LogP contribution in [-0.4, -0.2) is 26.3 Å². The van der Waals surface area contributed by atoms with E-state index >= 15 is 0 Å². The first-order chi connectivity index (χ1) is 17.5. The largest absolute Gasteiger partial charge is 0.416 e. The number of alkyl halides is 3. The predicted octanol–water partition coefficient (Wildman–Crippen LogP) is 4.83. The highest BCUT2D eigenvalue weighted by Gasteiger charge is 2.31. The Hall–Kier alpha value is -4.93.